The van der Waals surface area contributed by atoms with Crippen molar-refractivity contribution in [3.63, 3.8) is 0 Å². The van der Waals surface area contributed by atoms with Crippen molar-refractivity contribution in [1.29, 1.82) is 0 Å². The topological polar surface area (TPSA) is 97.3 Å². The van der Waals surface area contributed by atoms with Gasteiger partial charge in [-0.15, -0.1) is 4.36 Å². The number of carbonyl (C=O) groups is 2. The van der Waals surface area contributed by atoms with E-state index in [0.717, 1.165) is 80.9 Å². The Bertz CT molecular complexity index is 1540. The predicted molar refractivity (Wildman–Crippen MR) is 174 cm³/mol. The Kier molecular flexibility index (Phi) is 9.27. The fourth-order valence-corrected chi connectivity index (χ4v) is 9.63. The van der Waals surface area contributed by atoms with Gasteiger partial charge in [0, 0.05) is 42.6 Å². The van der Waals surface area contributed by atoms with Gasteiger partial charge in [-0.2, -0.15) is 0 Å². The molecule has 1 fully saturated rings. The molecule has 2 aliphatic heterocycles. The first-order valence-electron chi connectivity index (χ1n) is 16.2. The van der Waals surface area contributed by atoms with Crippen molar-refractivity contribution in [2.75, 3.05) is 37.5 Å². The summed E-state index contributed by atoms with van der Waals surface area (Å²) in [6.45, 7) is 3.83. The number of carbonyl (C=O) groups excluding carboxylic acids is 2. The zero-order valence-electron chi connectivity index (χ0n) is 25.8. The molecule has 10 heteroatoms. The summed E-state index contributed by atoms with van der Waals surface area (Å²) < 4.78 is 33.2. The number of benzene rings is 2. The molecule has 5 atom stereocenters. The largest absolute Gasteiger partial charge is 0.490 e. The van der Waals surface area contributed by atoms with Crippen LogP contribution >= 0.6 is 11.6 Å². The zero-order chi connectivity index (χ0) is 30.9. The Balaban J connectivity index is 1.43. The highest BCUT2D eigenvalue weighted by Gasteiger charge is 2.44. The van der Waals surface area contributed by atoms with Crippen LogP contribution in [0, 0.1) is 11.8 Å². The van der Waals surface area contributed by atoms with Gasteiger partial charge in [0.15, 0.2) is 0 Å². The van der Waals surface area contributed by atoms with E-state index in [1.807, 2.05) is 25.3 Å². The van der Waals surface area contributed by atoms with E-state index in [9.17, 15) is 13.8 Å². The number of fused-ring (bicyclic) bond motifs is 4. The Morgan fingerprint density at radius 2 is 2.02 bits per heavy atom. The molecule has 238 valence electrons. The summed E-state index contributed by atoms with van der Waals surface area (Å²) in [5, 5.41) is 0.755. The first-order valence-corrected chi connectivity index (χ1v) is 18.2. The van der Waals surface area contributed by atoms with Gasteiger partial charge >= 0.3 is 0 Å². The van der Waals surface area contributed by atoms with E-state index in [0.29, 0.717) is 30.4 Å². The third-order valence-electron chi connectivity index (χ3n) is 10.2. The van der Waals surface area contributed by atoms with Gasteiger partial charge < -0.3 is 14.4 Å². The molecule has 4 aliphatic rings. The second-order valence-corrected chi connectivity index (χ2v) is 15.5. The number of methoxy groups -OCH3 is 1. The quantitative estimate of drug-likeness (QED) is 0.412. The van der Waals surface area contributed by atoms with Gasteiger partial charge in [0.1, 0.15) is 15.7 Å². The van der Waals surface area contributed by atoms with Crippen LogP contribution in [0.1, 0.15) is 86.2 Å². The van der Waals surface area contributed by atoms with Crippen LogP contribution in [0.15, 0.2) is 40.8 Å². The molecule has 0 saturated heterocycles. The molecule has 0 unspecified atom stereocenters. The van der Waals surface area contributed by atoms with Gasteiger partial charge in [0.05, 0.1) is 24.2 Å². The van der Waals surface area contributed by atoms with E-state index in [1.54, 1.807) is 13.0 Å². The van der Waals surface area contributed by atoms with Crippen LogP contribution < -0.4 is 14.4 Å². The number of hydrogen-bond acceptors (Lipinski definition) is 6. The van der Waals surface area contributed by atoms with E-state index >= 15 is 0 Å². The molecule has 2 aromatic rings. The Morgan fingerprint density at radius 3 is 2.80 bits per heavy atom. The number of nitrogens with one attached hydrogen (secondary N) is 1. The monoisotopic (exact) mass is 641 g/mol. The number of halogens is 1. The first kappa shape index (κ1) is 31.4. The first-order chi connectivity index (χ1) is 21.2. The molecule has 0 radical (unpaired) electrons. The lowest BCUT2D eigenvalue weighted by Crippen LogP contribution is -2.49. The van der Waals surface area contributed by atoms with Crippen molar-refractivity contribution in [2.45, 2.75) is 82.7 Å². The zero-order valence-corrected chi connectivity index (χ0v) is 27.4. The summed E-state index contributed by atoms with van der Waals surface area (Å²) in [7, 11) is -1.45. The van der Waals surface area contributed by atoms with Crippen LogP contribution in [0.5, 0.6) is 5.75 Å². The van der Waals surface area contributed by atoms with E-state index in [4.69, 9.17) is 21.1 Å². The molecule has 2 aliphatic carbocycles. The lowest BCUT2D eigenvalue weighted by molar-refractivity contribution is -0.118. The molecule has 44 heavy (non-hydrogen) atoms. The van der Waals surface area contributed by atoms with Crippen LogP contribution in [0.3, 0.4) is 0 Å². The molecular formula is C34H44ClN3O5S. The number of ether oxygens (including phenoxy) is 2. The number of rotatable bonds is 3. The molecule has 2 amide bonds. The number of hydrogen-bond donors (Lipinski definition) is 1. The normalized spacial score (nSPS) is 30.6. The van der Waals surface area contributed by atoms with Crippen LogP contribution in [-0.2, 0) is 31.3 Å². The summed E-state index contributed by atoms with van der Waals surface area (Å²) in [4.78, 5) is 28.3. The SMILES string of the molecule is CCC(=O)N[S@@]1(=O)=NC(=O)c2ccc3c(c2)N(C[C@@H]2CC[C@H]2[C@@H](OC)CCCCC1)C[C@@]1(CCCc2cc(Cl)ccc21)CO3. The minimum Gasteiger partial charge on any atom is -0.490 e. The Morgan fingerprint density at radius 1 is 1.16 bits per heavy atom. The van der Waals surface area contributed by atoms with Crippen LogP contribution in [-0.4, -0.2) is 54.7 Å². The minimum absolute atomic E-state index is 0.139. The van der Waals surface area contributed by atoms with Crippen molar-refractivity contribution in [2.24, 2.45) is 16.2 Å². The molecule has 1 N–H and O–H groups in total. The van der Waals surface area contributed by atoms with Crippen molar-refractivity contribution in [3.05, 3.63) is 58.1 Å². The number of anilines is 1. The third kappa shape index (κ3) is 6.38. The molecule has 2 bridgehead atoms. The smallest absolute Gasteiger partial charge is 0.286 e. The van der Waals surface area contributed by atoms with Gasteiger partial charge in [0.2, 0.25) is 5.91 Å². The number of aryl methyl sites for hydroxylation is 1. The van der Waals surface area contributed by atoms with E-state index in [1.165, 1.54) is 11.1 Å². The van der Waals surface area contributed by atoms with Gasteiger partial charge in [-0.1, -0.05) is 37.4 Å². The maximum absolute atomic E-state index is 13.8. The van der Waals surface area contributed by atoms with Crippen molar-refractivity contribution < 1.29 is 23.3 Å². The van der Waals surface area contributed by atoms with Gasteiger partial charge in [-0.25, -0.2) is 4.21 Å². The summed E-state index contributed by atoms with van der Waals surface area (Å²) in [6, 6.07) is 11.7. The van der Waals surface area contributed by atoms with E-state index in [-0.39, 0.29) is 29.6 Å². The van der Waals surface area contributed by atoms with Crippen molar-refractivity contribution in [1.82, 2.24) is 4.72 Å². The molecule has 2 aromatic carbocycles. The van der Waals surface area contributed by atoms with Crippen LogP contribution in [0.25, 0.3) is 0 Å². The molecule has 1 saturated carbocycles. The maximum atomic E-state index is 13.8. The minimum atomic E-state index is -3.27. The third-order valence-corrected chi connectivity index (χ3v) is 12.3. The summed E-state index contributed by atoms with van der Waals surface area (Å²) in [5.41, 5.74) is 3.57. The average molecular weight is 642 g/mol. The van der Waals surface area contributed by atoms with Crippen molar-refractivity contribution in [3.8, 4) is 5.75 Å². The highest BCUT2D eigenvalue weighted by Crippen LogP contribution is 2.47. The maximum Gasteiger partial charge on any atom is 0.286 e. The second kappa shape index (κ2) is 13.0. The van der Waals surface area contributed by atoms with Crippen LogP contribution in [0.4, 0.5) is 5.69 Å². The molecule has 1 spiro atoms. The lowest BCUT2D eigenvalue weighted by Gasteiger charge is -2.46. The van der Waals surface area contributed by atoms with E-state index < -0.39 is 15.8 Å². The molecule has 6 rings (SSSR count). The number of amides is 2. The van der Waals surface area contributed by atoms with Crippen LogP contribution in [0.2, 0.25) is 5.02 Å². The summed E-state index contributed by atoms with van der Waals surface area (Å²) in [6.07, 6.45) is 8.95. The van der Waals surface area contributed by atoms with E-state index in [2.05, 4.69) is 26.1 Å². The average Bonchev–Trinajstić information content (AvgIpc) is 3.14. The Labute approximate surface area is 266 Å². The fourth-order valence-electron chi connectivity index (χ4n) is 7.72. The van der Waals surface area contributed by atoms with Gasteiger partial charge in [-0.3, -0.25) is 14.3 Å². The molecule has 8 nitrogen and oxygen atoms in total. The molecule has 0 aromatic heterocycles. The predicted octanol–water partition coefficient (Wildman–Crippen LogP) is 6.48. The summed E-state index contributed by atoms with van der Waals surface area (Å²) >= 11 is 6.42. The van der Waals surface area contributed by atoms with Gasteiger partial charge in [-0.05, 0) is 98.2 Å². The van der Waals surface area contributed by atoms with Gasteiger partial charge in [0.25, 0.3) is 5.91 Å². The Hall–Kier alpha value is -2.62. The standard InChI is InChI=1S/C34H44ClN3O5S/c1-3-32(39)36-44(41)17-6-4-5-9-30(42-2)27-13-10-25(27)20-38-21-34(16-7-8-23-18-26(35)12-14-28(23)34)22-43-31-15-11-24(19-29(31)38)33(40)37-44/h11-12,14-15,18-19,25,27,30H,3-10,13,16-17,20-22H2,1-2H3,(H,36,37,39,40,41)/t25-,27+,30-,34-,44+/m0/s1. The fraction of sp³-hybridized carbons (Fsp3) is 0.588. The molecule has 2 heterocycles. The summed E-state index contributed by atoms with van der Waals surface area (Å²) in [5.74, 6) is 0.842. The lowest BCUT2D eigenvalue weighted by atomic mass is 9.68. The second-order valence-electron chi connectivity index (χ2n) is 13.0. The van der Waals surface area contributed by atoms with Crippen molar-refractivity contribution >= 4 is 39.0 Å². The highest BCUT2D eigenvalue weighted by molar-refractivity contribution is 7.92. The number of nitrogens with zero attached hydrogens (tertiary/aromatic N) is 2. The molecular weight excluding hydrogens is 598 g/mol. The highest BCUT2D eigenvalue weighted by atomic mass is 35.5.